The van der Waals surface area contributed by atoms with Gasteiger partial charge in [0.25, 0.3) is 0 Å². The Balaban J connectivity index is 2.56. The zero-order chi connectivity index (χ0) is 14.7. The monoisotopic (exact) mass is 299 g/mol. The summed E-state index contributed by atoms with van der Waals surface area (Å²) in [6.07, 6.45) is 0. The predicted octanol–water partition coefficient (Wildman–Crippen LogP) is 4.46. The maximum absolute atomic E-state index is 13.9. The summed E-state index contributed by atoms with van der Waals surface area (Å²) in [7, 11) is 0. The van der Waals surface area contributed by atoms with Crippen molar-refractivity contribution < 1.29 is 13.2 Å². The Hall–Kier alpha value is -1.52. The van der Waals surface area contributed by atoms with E-state index in [1.54, 1.807) is 6.92 Å². The molecule has 5 heteroatoms. The van der Waals surface area contributed by atoms with Crippen LogP contribution in [0.25, 0.3) is 0 Å². The molecule has 0 amide bonds. The van der Waals surface area contributed by atoms with Gasteiger partial charge in [-0.2, -0.15) is 0 Å². The van der Waals surface area contributed by atoms with Gasteiger partial charge in [0.1, 0.15) is 5.82 Å². The standard InChI is InChI=1S/C15H13ClF3N/c1-2-20-15(10-4-3-5-13(18)14(10)19)11-8-9(16)6-7-12(11)17/h3-8,15,20H,2H2,1H3. The van der Waals surface area contributed by atoms with E-state index < -0.39 is 23.5 Å². The van der Waals surface area contributed by atoms with Crippen molar-refractivity contribution in [3.05, 3.63) is 70.0 Å². The van der Waals surface area contributed by atoms with Crippen LogP contribution in [-0.4, -0.2) is 6.54 Å². The molecular formula is C15H13ClF3N. The first kappa shape index (κ1) is 14.9. The second-order valence-electron chi connectivity index (χ2n) is 4.30. The van der Waals surface area contributed by atoms with Crippen LogP contribution in [0.3, 0.4) is 0 Å². The topological polar surface area (TPSA) is 12.0 Å². The van der Waals surface area contributed by atoms with Gasteiger partial charge in [0.15, 0.2) is 11.6 Å². The number of nitrogens with one attached hydrogen (secondary N) is 1. The van der Waals surface area contributed by atoms with E-state index in [-0.39, 0.29) is 11.1 Å². The van der Waals surface area contributed by atoms with Crippen LogP contribution in [0.5, 0.6) is 0 Å². The molecule has 1 unspecified atom stereocenters. The van der Waals surface area contributed by atoms with Gasteiger partial charge < -0.3 is 5.32 Å². The van der Waals surface area contributed by atoms with Gasteiger partial charge in [0.2, 0.25) is 0 Å². The van der Waals surface area contributed by atoms with Crippen LogP contribution in [0.2, 0.25) is 5.02 Å². The van der Waals surface area contributed by atoms with Crippen LogP contribution in [-0.2, 0) is 0 Å². The van der Waals surface area contributed by atoms with E-state index in [2.05, 4.69) is 5.32 Å². The lowest BCUT2D eigenvalue weighted by atomic mass is 9.97. The molecule has 0 radical (unpaired) electrons. The summed E-state index contributed by atoms with van der Waals surface area (Å²) in [5, 5.41) is 3.28. The van der Waals surface area contributed by atoms with Crippen LogP contribution >= 0.6 is 11.6 Å². The first-order chi connectivity index (χ1) is 9.54. The van der Waals surface area contributed by atoms with E-state index in [0.29, 0.717) is 11.6 Å². The molecule has 0 aliphatic heterocycles. The second kappa shape index (κ2) is 6.29. The summed E-state index contributed by atoms with van der Waals surface area (Å²) in [5.74, 6) is -2.48. The molecule has 0 aliphatic carbocycles. The number of hydrogen-bond acceptors (Lipinski definition) is 1. The smallest absolute Gasteiger partial charge is 0.163 e. The third-order valence-corrected chi connectivity index (χ3v) is 3.20. The molecule has 1 N–H and O–H groups in total. The largest absolute Gasteiger partial charge is 0.306 e. The number of hydrogen-bond donors (Lipinski definition) is 1. The van der Waals surface area contributed by atoms with Crippen molar-refractivity contribution in [2.45, 2.75) is 13.0 Å². The molecule has 0 bridgehead atoms. The Morgan fingerprint density at radius 2 is 1.80 bits per heavy atom. The number of rotatable bonds is 4. The molecule has 0 aromatic heterocycles. The van der Waals surface area contributed by atoms with Crippen LogP contribution in [0.15, 0.2) is 36.4 Å². The minimum Gasteiger partial charge on any atom is -0.306 e. The molecule has 0 spiro atoms. The van der Waals surface area contributed by atoms with E-state index in [1.807, 2.05) is 0 Å². The number of benzene rings is 2. The lowest BCUT2D eigenvalue weighted by molar-refractivity contribution is 0.477. The average Bonchev–Trinajstić information content (AvgIpc) is 2.43. The molecule has 1 atom stereocenters. The molecule has 0 saturated heterocycles. The Morgan fingerprint density at radius 1 is 1.05 bits per heavy atom. The molecule has 106 valence electrons. The molecule has 0 saturated carbocycles. The molecule has 0 heterocycles. The van der Waals surface area contributed by atoms with Gasteiger partial charge in [-0.1, -0.05) is 30.7 Å². The lowest BCUT2D eigenvalue weighted by Crippen LogP contribution is -2.24. The second-order valence-corrected chi connectivity index (χ2v) is 4.74. The molecule has 0 aliphatic rings. The van der Waals surface area contributed by atoms with Crippen molar-refractivity contribution >= 4 is 11.6 Å². The first-order valence-corrected chi connectivity index (χ1v) is 6.54. The molecule has 1 nitrogen and oxygen atoms in total. The molecule has 2 aromatic rings. The molecule has 20 heavy (non-hydrogen) atoms. The lowest BCUT2D eigenvalue weighted by Gasteiger charge is -2.20. The summed E-state index contributed by atoms with van der Waals surface area (Å²) in [6, 6.07) is 7.07. The highest BCUT2D eigenvalue weighted by Crippen LogP contribution is 2.29. The fourth-order valence-corrected chi connectivity index (χ4v) is 2.25. The SMILES string of the molecule is CCNC(c1cc(Cl)ccc1F)c1cccc(F)c1F. The highest BCUT2D eigenvalue weighted by atomic mass is 35.5. The van der Waals surface area contributed by atoms with Crippen molar-refractivity contribution in [2.24, 2.45) is 0 Å². The van der Waals surface area contributed by atoms with Crippen molar-refractivity contribution in [3.63, 3.8) is 0 Å². The Labute approximate surface area is 120 Å². The molecule has 2 aromatic carbocycles. The summed E-state index contributed by atoms with van der Waals surface area (Å²) in [5.41, 5.74) is 0.233. The Kier molecular flexibility index (Phi) is 4.68. The number of halogens is 4. The fraction of sp³-hybridized carbons (Fsp3) is 0.200. The van der Waals surface area contributed by atoms with Crippen LogP contribution < -0.4 is 5.32 Å². The van der Waals surface area contributed by atoms with Gasteiger partial charge in [-0.3, -0.25) is 0 Å². The minimum atomic E-state index is -0.988. The minimum absolute atomic E-state index is 0.0491. The van der Waals surface area contributed by atoms with Crippen molar-refractivity contribution in [1.82, 2.24) is 5.32 Å². The van der Waals surface area contributed by atoms with Crippen molar-refractivity contribution in [2.75, 3.05) is 6.54 Å². The third-order valence-electron chi connectivity index (χ3n) is 2.97. The van der Waals surface area contributed by atoms with E-state index in [0.717, 1.165) is 6.07 Å². The highest BCUT2D eigenvalue weighted by Gasteiger charge is 2.22. The van der Waals surface area contributed by atoms with Crippen LogP contribution in [0.4, 0.5) is 13.2 Å². The van der Waals surface area contributed by atoms with Gasteiger partial charge >= 0.3 is 0 Å². The normalized spacial score (nSPS) is 12.4. The molecular weight excluding hydrogens is 287 g/mol. The summed E-state index contributed by atoms with van der Waals surface area (Å²) in [6.45, 7) is 2.26. The van der Waals surface area contributed by atoms with Gasteiger partial charge in [0, 0.05) is 16.1 Å². The van der Waals surface area contributed by atoms with E-state index >= 15 is 0 Å². The zero-order valence-electron chi connectivity index (χ0n) is 10.8. The fourth-order valence-electron chi connectivity index (χ4n) is 2.07. The van der Waals surface area contributed by atoms with Crippen LogP contribution in [0.1, 0.15) is 24.1 Å². The van der Waals surface area contributed by atoms with E-state index in [1.165, 1.54) is 30.3 Å². The first-order valence-electron chi connectivity index (χ1n) is 6.16. The van der Waals surface area contributed by atoms with Gasteiger partial charge in [0.05, 0.1) is 6.04 Å². The summed E-state index contributed by atoms with van der Waals surface area (Å²) < 4.78 is 41.2. The molecule has 0 fully saturated rings. The maximum atomic E-state index is 13.9. The predicted molar refractivity (Wildman–Crippen MR) is 73.3 cm³/mol. The van der Waals surface area contributed by atoms with Gasteiger partial charge in [-0.05, 0) is 30.8 Å². The van der Waals surface area contributed by atoms with Crippen molar-refractivity contribution in [1.29, 1.82) is 0 Å². The maximum Gasteiger partial charge on any atom is 0.163 e. The molecule has 2 rings (SSSR count). The summed E-state index contributed by atoms with van der Waals surface area (Å²) >= 11 is 5.86. The quantitative estimate of drug-likeness (QED) is 0.879. The summed E-state index contributed by atoms with van der Waals surface area (Å²) in [4.78, 5) is 0. The van der Waals surface area contributed by atoms with Crippen molar-refractivity contribution in [3.8, 4) is 0 Å². The zero-order valence-corrected chi connectivity index (χ0v) is 11.5. The third kappa shape index (κ3) is 2.97. The Morgan fingerprint density at radius 3 is 2.50 bits per heavy atom. The van der Waals surface area contributed by atoms with Gasteiger partial charge in [-0.15, -0.1) is 0 Å². The van der Waals surface area contributed by atoms with Crippen LogP contribution in [0, 0.1) is 17.5 Å². The highest BCUT2D eigenvalue weighted by molar-refractivity contribution is 6.30. The average molecular weight is 300 g/mol. The van der Waals surface area contributed by atoms with E-state index in [9.17, 15) is 13.2 Å². The Bertz CT molecular complexity index is 614. The van der Waals surface area contributed by atoms with E-state index in [4.69, 9.17) is 11.6 Å². The van der Waals surface area contributed by atoms with Gasteiger partial charge in [-0.25, -0.2) is 13.2 Å².